The molecule has 0 aromatic rings. The number of hydrogen-bond acceptors (Lipinski definition) is 0. The average molecular weight is 279 g/mol. The predicted octanol–water partition coefficient (Wildman–Crippen LogP) is 6.53. The van der Waals surface area contributed by atoms with Crippen LogP contribution in [0.3, 0.4) is 0 Å². The van der Waals surface area contributed by atoms with Crippen molar-refractivity contribution in [1.82, 2.24) is 0 Å². The minimum Gasteiger partial charge on any atom is -0.205 e. The van der Waals surface area contributed by atoms with Crippen molar-refractivity contribution in [3.05, 3.63) is 11.4 Å². The molecule has 0 rings (SSSR count). The first-order chi connectivity index (χ1) is 8.54. The molecule has 18 heavy (non-hydrogen) atoms. The zero-order valence-corrected chi connectivity index (χ0v) is 13.5. The summed E-state index contributed by atoms with van der Waals surface area (Å²) in [5.41, 5.74) is -0.363. The fourth-order valence-electron chi connectivity index (χ4n) is 2.34. The highest BCUT2D eigenvalue weighted by molar-refractivity contribution is 7.79. The van der Waals surface area contributed by atoms with Crippen molar-refractivity contribution in [2.24, 2.45) is 0 Å². The second kappa shape index (κ2) is 9.89. The summed E-state index contributed by atoms with van der Waals surface area (Å²) >= 11 is 0. The van der Waals surface area contributed by atoms with E-state index in [0.717, 1.165) is 57.0 Å². The number of allylic oxidation sites excluding steroid dienone is 1. The molecule has 0 bridgehead atoms. The topological polar surface area (TPSA) is 0 Å². The lowest BCUT2D eigenvalue weighted by atomic mass is 10.4. The van der Waals surface area contributed by atoms with E-state index in [-0.39, 0.29) is 5.57 Å². The zero-order chi connectivity index (χ0) is 14.0. The van der Waals surface area contributed by atoms with Crippen molar-refractivity contribution < 1.29 is 8.78 Å². The molecule has 3 heteroatoms. The molecule has 0 saturated heterocycles. The molecule has 0 aromatic carbocycles. The van der Waals surface area contributed by atoms with E-state index in [1.165, 1.54) is 6.92 Å². The Balaban J connectivity index is 5.04. The van der Waals surface area contributed by atoms with Crippen LogP contribution >= 0.6 is 7.26 Å². The molecule has 0 unspecified atom stereocenters. The van der Waals surface area contributed by atoms with E-state index < -0.39 is 13.1 Å². The first kappa shape index (κ1) is 18.0. The summed E-state index contributed by atoms with van der Waals surface area (Å²) < 4.78 is 27.8. The van der Waals surface area contributed by atoms with Crippen LogP contribution in [-0.2, 0) is 0 Å². The molecular formula is C15H30F2P+. The Morgan fingerprint density at radius 2 is 1.11 bits per heavy atom. The lowest BCUT2D eigenvalue weighted by Gasteiger charge is -2.25. The third-order valence-corrected chi connectivity index (χ3v) is 8.18. The highest BCUT2D eigenvalue weighted by Crippen LogP contribution is 2.68. The maximum absolute atomic E-state index is 14.4. The summed E-state index contributed by atoms with van der Waals surface area (Å²) in [6.45, 7) is 7.66. The summed E-state index contributed by atoms with van der Waals surface area (Å²) in [6, 6.07) is 0. The van der Waals surface area contributed by atoms with Gasteiger partial charge in [0.25, 0.3) is 5.57 Å². The maximum atomic E-state index is 14.4. The lowest BCUT2D eigenvalue weighted by Crippen LogP contribution is -2.10. The molecule has 0 heterocycles. The van der Waals surface area contributed by atoms with Gasteiger partial charge in [-0.15, -0.1) is 0 Å². The van der Waals surface area contributed by atoms with Gasteiger partial charge in [-0.3, -0.25) is 0 Å². The van der Waals surface area contributed by atoms with Gasteiger partial charge in [0.05, 0.1) is 25.7 Å². The molecule has 0 radical (unpaired) electrons. The molecule has 0 amide bonds. The summed E-state index contributed by atoms with van der Waals surface area (Å²) in [4.78, 5) is 0. The van der Waals surface area contributed by atoms with Crippen LogP contribution < -0.4 is 0 Å². The average Bonchev–Trinajstić information content (AvgIpc) is 2.37. The van der Waals surface area contributed by atoms with Gasteiger partial charge in [-0.05, 0) is 26.2 Å². The van der Waals surface area contributed by atoms with E-state index in [4.69, 9.17) is 0 Å². The molecule has 0 spiro atoms. The monoisotopic (exact) mass is 279 g/mol. The van der Waals surface area contributed by atoms with Crippen molar-refractivity contribution in [2.75, 3.05) is 18.5 Å². The van der Waals surface area contributed by atoms with Crippen LogP contribution in [0.5, 0.6) is 0 Å². The van der Waals surface area contributed by atoms with Crippen LogP contribution in [0, 0.1) is 0 Å². The van der Waals surface area contributed by atoms with Gasteiger partial charge in [-0.2, -0.15) is 4.39 Å². The molecule has 0 nitrogen and oxygen atoms in total. The molecule has 0 fully saturated rings. The van der Waals surface area contributed by atoms with Crippen molar-refractivity contribution >= 4 is 7.26 Å². The molecule has 108 valence electrons. The zero-order valence-electron chi connectivity index (χ0n) is 12.6. The second-order valence-electron chi connectivity index (χ2n) is 5.20. The Hall–Kier alpha value is 0.0300. The van der Waals surface area contributed by atoms with E-state index >= 15 is 0 Å². The summed E-state index contributed by atoms with van der Waals surface area (Å²) in [7, 11) is -1.85. The molecule has 0 aliphatic heterocycles. The number of hydrogen-bond donors (Lipinski definition) is 0. The highest BCUT2D eigenvalue weighted by Gasteiger charge is 2.42. The minimum atomic E-state index is -1.85. The number of rotatable bonds is 10. The van der Waals surface area contributed by atoms with Crippen molar-refractivity contribution in [3.63, 3.8) is 0 Å². The number of halogens is 2. The van der Waals surface area contributed by atoms with Gasteiger partial charge >= 0.3 is 0 Å². The Bertz CT molecular complexity index is 223. The van der Waals surface area contributed by atoms with E-state index in [0.29, 0.717) is 0 Å². The van der Waals surface area contributed by atoms with Crippen LogP contribution in [0.4, 0.5) is 8.78 Å². The Morgan fingerprint density at radius 3 is 1.33 bits per heavy atom. The van der Waals surface area contributed by atoms with Gasteiger partial charge in [-0.25, -0.2) is 4.39 Å². The highest BCUT2D eigenvalue weighted by atomic mass is 31.2. The lowest BCUT2D eigenvalue weighted by molar-refractivity contribution is 0.567. The Kier molecular flexibility index (Phi) is 9.91. The maximum Gasteiger partial charge on any atom is 0.268 e. The van der Waals surface area contributed by atoms with Gasteiger partial charge in [0.1, 0.15) is 0 Å². The standard InChI is InChI=1S/C15H30F2P/c1-5-8-11-18(12-9-6-2,13-10-7-3)15(17)14(4)16/h5-13H2,1-4H3/q+1/b15-14-. The van der Waals surface area contributed by atoms with Gasteiger partial charge in [0, 0.05) is 0 Å². The van der Waals surface area contributed by atoms with Crippen LogP contribution in [-0.4, -0.2) is 18.5 Å². The van der Waals surface area contributed by atoms with Crippen molar-refractivity contribution in [1.29, 1.82) is 0 Å². The minimum absolute atomic E-state index is 0.363. The third-order valence-electron chi connectivity index (χ3n) is 3.52. The molecule has 0 saturated carbocycles. The van der Waals surface area contributed by atoms with Crippen LogP contribution in [0.2, 0.25) is 0 Å². The normalized spacial score (nSPS) is 13.7. The van der Waals surface area contributed by atoms with E-state index in [9.17, 15) is 8.78 Å². The number of unbranched alkanes of at least 4 members (excludes halogenated alkanes) is 3. The molecule has 0 N–H and O–H groups in total. The Labute approximate surface area is 113 Å². The van der Waals surface area contributed by atoms with Crippen LogP contribution in [0.25, 0.3) is 0 Å². The molecule has 0 atom stereocenters. The quantitative estimate of drug-likeness (QED) is 0.399. The molecular weight excluding hydrogens is 249 g/mol. The predicted molar refractivity (Wildman–Crippen MR) is 81.2 cm³/mol. The molecule has 0 aliphatic rings. The van der Waals surface area contributed by atoms with Gasteiger partial charge in [-0.1, -0.05) is 40.0 Å². The molecule has 0 aliphatic carbocycles. The summed E-state index contributed by atoms with van der Waals surface area (Å²) in [5, 5.41) is 0. The first-order valence-corrected chi connectivity index (χ1v) is 9.77. The molecule has 0 aromatic heterocycles. The van der Waals surface area contributed by atoms with Gasteiger partial charge in [0.2, 0.25) is 0 Å². The summed E-state index contributed by atoms with van der Waals surface area (Å²) in [5.74, 6) is -0.563. The van der Waals surface area contributed by atoms with Gasteiger partial charge in [0.15, 0.2) is 5.83 Å². The largest absolute Gasteiger partial charge is 0.268 e. The van der Waals surface area contributed by atoms with Gasteiger partial charge < -0.3 is 0 Å². The SMILES string of the molecule is CCCC[P+](CCCC)(CCCC)/C(F)=C(/C)F. The third kappa shape index (κ3) is 5.78. The van der Waals surface area contributed by atoms with E-state index in [2.05, 4.69) is 20.8 Å². The second-order valence-corrected chi connectivity index (χ2v) is 9.23. The van der Waals surface area contributed by atoms with Crippen LogP contribution in [0.1, 0.15) is 66.2 Å². The Morgan fingerprint density at radius 1 is 0.778 bits per heavy atom. The van der Waals surface area contributed by atoms with E-state index in [1.807, 2.05) is 0 Å². The van der Waals surface area contributed by atoms with Crippen molar-refractivity contribution in [3.8, 4) is 0 Å². The van der Waals surface area contributed by atoms with E-state index in [1.54, 1.807) is 0 Å². The summed E-state index contributed by atoms with van der Waals surface area (Å²) in [6.07, 6.45) is 8.99. The smallest absolute Gasteiger partial charge is 0.205 e. The fraction of sp³-hybridized carbons (Fsp3) is 0.867. The van der Waals surface area contributed by atoms with Crippen molar-refractivity contribution in [2.45, 2.75) is 66.2 Å². The van der Waals surface area contributed by atoms with Crippen LogP contribution in [0.15, 0.2) is 11.4 Å². The first-order valence-electron chi connectivity index (χ1n) is 7.42. The fourth-order valence-corrected chi connectivity index (χ4v) is 7.02.